The minimum Gasteiger partial charge on any atom is -0.382 e. The highest BCUT2D eigenvalue weighted by Crippen LogP contribution is 2.67. The number of benzene rings is 1. The largest absolute Gasteiger partial charge is 0.382 e. The summed E-state index contributed by atoms with van der Waals surface area (Å²) in [5.74, 6) is 0.145. The molecule has 2 bridgehead atoms. The van der Waals surface area contributed by atoms with Gasteiger partial charge in [0.15, 0.2) is 0 Å². The minimum atomic E-state index is -0.262. The summed E-state index contributed by atoms with van der Waals surface area (Å²) in [5, 5.41) is 8.98. The Kier molecular flexibility index (Phi) is 4.32. The molecule has 2 atom stereocenters. The summed E-state index contributed by atoms with van der Waals surface area (Å²) in [4.78, 5) is 0. The third-order valence-corrected chi connectivity index (χ3v) is 6.55. The van der Waals surface area contributed by atoms with Gasteiger partial charge in [-0.25, -0.2) is 4.39 Å². The first-order valence-corrected chi connectivity index (χ1v) is 9.21. The summed E-state index contributed by atoms with van der Waals surface area (Å²) in [7, 11) is 1.68. The van der Waals surface area contributed by atoms with Crippen LogP contribution in [0.15, 0.2) is 30.3 Å². The molecule has 0 radical (unpaired) electrons. The highest BCUT2D eigenvalue weighted by Gasteiger charge is 2.63. The molecule has 2 aromatic rings. The van der Waals surface area contributed by atoms with E-state index in [-0.39, 0.29) is 16.6 Å². The van der Waals surface area contributed by atoms with Crippen molar-refractivity contribution >= 4 is 0 Å². The van der Waals surface area contributed by atoms with Crippen LogP contribution in [0.25, 0.3) is 11.3 Å². The molecular formula is C21H25FN2O2. The lowest BCUT2D eigenvalue weighted by molar-refractivity contribution is 0.0143. The summed E-state index contributed by atoms with van der Waals surface area (Å²) in [6.45, 7) is 6.39. The summed E-state index contributed by atoms with van der Waals surface area (Å²) in [6, 6.07) is 8.79. The highest BCUT2D eigenvalue weighted by molar-refractivity contribution is 5.62. The zero-order valence-corrected chi connectivity index (χ0v) is 15.6. The first-order valence-electron chi connectivity index (χ1n) is 9.21. The third kappa shape index (κ3) is 2.41. The van der Waals surface area contributed by atoms with Gasteiger partial charge in [0.1, 0.15) is 5.82 Å². The molecule has 5 heteroatoms. The van der Waals surface area contributed by atoms with Gasteiger partial charge in [0, 0.05) is 18.1 Å². The number of nitrogens with zero attached hydrogens (tertiary/aromatic N) is 2. The molecule has 0 aliphatic heterocycles. The van der Waals surface area contributed by atoms with Crippen LogP contribution in [-0.4, -0.2) is 37.1 Å². The van der Waals surface area contributed by atoms with Crippen molar-refractivity contribution in [2.24, 2.45) is 5.41 Å². The molecule has 0 amide bonds. The maximum atomic E-state index is 14.2. The molecule has 0 N–H and O–H groups in total. The van der Waals surface area contributed by atoms with E-state index < -0.39 is 0 Å². The summed E-state index contributed by atoms with van der Waals surface area (Å²) >= 11 is 0. The molecule has 138 valence electrons. The van der Waals surface area contributed by atoms with Crippen molar-refractivity contribution in [3.05, 3.63) is 47.4 Å². The Morgan fingerprint density at radius 1 is 1.19 bits per heavy atom. The second-order valence-corrected chi connectivity index (χ2v) is 7.95. The van der Waals surface area contributed by atoms with E-state index in [1.807, 2.05) is 12.1 Å². The summed E-state index contributed by atoms with van der Waals surface area (Å²) in [6.07, 6.45) is 2.16. The van der Waals surface area contributed by atoms with E-state index in [1.165, 1.54) is 11.6 Å². The van der Waals surface area contributed by atoms with Gasteiger partial charge in [-0.05, 0) is 47.9 Å². The van der Waals surface area contributed by atoms with E-state index in [4.69, 9.17) is 9.47 Å². The molecule has 0 spiro atoms. The summed E-state index contributed by atoms with van der Waals surface area (Å²) in [5.41, 5.74) is 3.29. The smallest absolute Gasteiger partial charge is 0.132 e. The maximum Gasteiger partial charge on any atom is 0.132 e. The van der Waals surface area contributed by atoms with Crippen molar-refractivity contribution in [2.45, 2.75) is 38.0 Å². The first-order chi connectivity index (χ1) is 12.5. The van der Waals surface area contributed by atoms with Crippen LogP contribution in [0.2, 0.25) is 0 Å². The molecule has 0 saturated heterocycles. The van der Waals surface area contributed by atoms with Crippen LogP contribution >= 0.6 is 0 Å². The van der Waals surface area contributed by atoms with Gasteiger partial charge in [0.25, 0.3) is 0 Å². The average molecular weight is 356 g/mol. The zero-order chi connectivity index (χ0) is 18.4. The van der Waals surface area contributed by atoms with Crippen molar-refractivity contribution < 1.29 is 13.9 Å². The molecule has 1 unspecified atom stereocenters. The Labute approximate surface area is 153 Å². The number of aromatic nitrogens is 2. The van der Waals surface area contributed by atoms with Crippen molar-refractivity contribution in [1.29, 1.82) is 0 Å². The monoisotopic (exact) mass is 356 g/mol. The lowest BCUT2D eigenvalue weighted by atomic mass is 9.69. The van der Waals surface area contributed by atoms with Crippen molar-refractivity contribution in [3.63, 3.8) is 0 Å². The van der Waals surface area contributed by atoms with Crippen molar-refractivity contribution in [3.8, 4) is 11.3 Å². The minimum absolute atomic E-state index is 0.0466. The van der Waals surface area contributed by atoms with Crippen LogP contribution in [0.1, 0.15) is 43.9 Å². The third-order valence-electron chi connectivity index (χ3n) is 6.55. The number of fused-ring (bicyclic) bond motifs is 5. The van der Waals surface area contributed by atoms with Crippen LogP contribution < -0.4 is 0 Å². The first kappa shape index (κ1) is 17.6. The number of halogens is 1. The molecule has 2 aliphatic carbocycles. The number of hydrogen-bond acceptors (Lipinski definition) is 4. The van der Waals surface area contributed by atoms with Crippen LogP contribution in [0.5, 0.6) is 0 Å². The van der Waals surface area contributed by atoms with Gasteiger partial charge in [-0.3, -0.25) is 0 Å². The Bertz CT molecular complexity index is 823. The predicted octanol–water partition coefficient (Wildman–Crippen LogP) is 4.10. The molecule has 26 heavy (non-hydrogen) atoms. The van der Waals surface area contributed by atoms with E-state index in [0.717, 1.165) is 18.5 Å². The molecule has 1 fully saturated rings. The van der Waals surface area contributed by atoms with Crippen molar-refractivity contribution in [1.82, 2.24) is 10.2 Å². The summed E-state index contributed by atoms with van der Waals surface area (Å²) < 4.78 is 25.2. The Hall–Kier alpha value is -1.85. The number of ether oxygens (including phenoxy) is 2. The average Bonchev–Trinajstić information content (AvgIpc) is 3.00. The Balaban J connectivity index is 1.72. The second-order valence-electron chi connectivity index (χ2n) is 7.95. The normalized spacial score (nSPS) is 25.5. The van der Waals surface area contributed by atoms with Gasteiger partial charge in [0.05, 0.1) is 31.2 Å². The maximum absolute atomic E-state index is 14.2. The Morgan fingerprint density at radius 2 is 2.00 bits per heavy atom. The topological polar surface area (TPSA) is 44.2 Å². The molecule has 4 rings (SSSR count). The van der Waals surface area contributed by atoms with Gasteiger partial charge in [-0.2, -0.15) is 10.2 Å². The number of methoxy groups -OCH3 is 1. The van der Waals surface area contributed by atoms with Gasteiger partial charge < -0.3 is 9.47 Å². The van der Waals surface area contributed by atoms with Crippen LogP contribution in [0.4, 0.5) is 4.39 Å². The van der Waals surface area contributed by atoms with Gasteiger partial charge in [-0.1, -0.05) is 26.0 Å². The van der Waals surface area contributed by atoms with E-state index in [2.05, 4.69) is 24.0 Å². The van der Waals surface area contributed by atoms with Crippen molar-refractivity contribution in [2.75, 3.05) is 26.9 Å². The van der Waals surface area contributed by atoms with Crippen LogP contribution in [0.3, 0.4) is 0 Å². The fourth-order valence-electron chi connectivity index (χ4n) is 4.93. The van der Waals surface area contributed by atoms with E-state index in [1.54, 1.807) is 19.2 Å². The predicted molar refractivity (Wildman–Crippen MR) is 97.6 cm³/mol. The molecule has 1 heterocycles. The highest BCUT2D eigenvalue weighted by atomic mass is 19.1. The number of hydrogen-bond donors (Lipinski definition) is 0. The van der Waals surface area contributed by atoms with Gasteiger partial charge in [-0.15, -0.1) is 0 Å². The lowest BCUT2D eigenvalue weighted by Crippen LogP contribution is -2.40. The molecule has 1 saturated carbocycles. The van der Waals surface area contributed by atoms with Crippen LogP contribution in [-0.2, 0) is 14.9 Å². The molecular weight excluding hydrogens is 331 g/mol. The number of rotatable bonds is 6. The second kappa shape index (κ2) is 6.39. The van der Waals surface area contributed by atoms with Gasteiger partial charge >= 0.3 is 0 Å². The fraction of sp³-hybridized carbons (Fsp3) is 0.524. The molecule has 2 aliphatic rings. The molecule has 1 aromatic carbocycles. The quantitative estimate of drug-likeness (QED) is 0.731. The van der Waals surface area contributed by atoms with E-state index >= 15 is 0 Å². The van der Waals surface area contributed by atoms with Gasteiger partial charge in [0.2, 0.25) is 0 Å². The molecule has 1 aromatic heterocycles. The Morgan fingerprint density at radius 3 is 2.77 bits per heavy atom. The van der Waals surface area contributed by atoms with E-state index in [9.17, 15) is 4.39 Å². The van der Waals surface area contributed by atoms with Crippen LogP contribution in [0, 0.1) is 11.2 Å². The fourth-order valence-corrected chi connectivity index (χ4v) is 4.93. The molecule has 4 nitrogen and oxygen atoms in total. The SMILES string of the molecule is COCCOCC12CC[C@H](c3cc(-c4ccccc4F)nnc31)C2(C)C. The zero-order valence-electron chi connectivity index (χ0n) is 15.6. The standard InChI is InChI=1S/C21H25FN2O2/c1-20(2)16-8-9-21(20,13-26-11-10-25-3)19-15(16)12-18(23-24-19)14-6-4-5-7-17(14)22/h4-7,12,16H,8-11,13H2,1-3H3/t16-,21?/m1/s1. The lowest BCUT2D eigenvalue weighted by Gasteiger charge is -2.37. The van der Waals surface area contributed by atoms with E-state index in [0.29, 0.717) is 37.0 Å².